The van der Waals surface area contributed by atoms with Crippen LogP contribution in [0, 0.1) is 5.41 Å². The molecule has 0 bridgehead atoms. The van der Waals surface area contributed by atoms with Crippen LogP contribution in [0.4, 0.5) is 0 Å². The zero-order valence-electron chi connectivity index (χ0n) is 8.42. The van der Waals surface area contributed by atoms with Gasteiger partial charge in [-0.15, -0.1) is 0 Å². The molecule has 74 valence electrons. The van der Waals surface area contributed by atoms with Crippen LogP contribution in [0.15, 0.2) is 11.6 Å². The van der Waals surface area contributed by atoms with E-state index in [9.17, 15) is 4.79 Å². The van der Waals surface area contributed by atoms with Gasteiger partial charge in [0.2, 0.25) is 0 Å². The molecule has 13 heavy (non-hydrogen) atoms. The molecule has 0 radical (unpaired) electrons. The molecule has 0 saturated heterocycles. The van der Waals surface area contributed by atoms with Gasteiger partial charge in [-0.1, -0.05) is 11.6 Å². The van der Waals surface area contributed by atoms with Gasteiger partial charge >= 0.3 is 5.97 Å². The van der Waals surface area contributed by atoms with Gasteiger partial charge in [-0.2, -0.15) is 0 Å². The average Bonchev–Trinajstić information content (AvgIpc) is 2.09. The van der Waals surface area contributed by atoms with Crippen LogP contribution in [0.3, 0.4) is 0 Å². The fraction of sp³-hybridized carbons (Fsp3) is 0.700. The van der Waals surface area contributed by atoms with Crippen molar-refractivity contribution in [2.75, 3.05) is 7.05 Å². The minimum Gasteiger partial charge on any atom is -0.481 e. The number of aliphatic carboxylic acids is 1. The molecule has 0 aromatic carbocycles. The molecule has 0 aromatic rings. The maximum atomic E-state index is 11.0. The van der Waals surface area contributed by atoms with Crippen molar-refractivity contribution in [3.8, 4) is 0 Å². The third kappa shape index (κ3) is 1.75. The lowest BCUT2D eigenvalue weighted by Crippen LogP contribution is -2.37. The van der Waals surface area contributed by atoms with Crippen molar-refractivity contribution in [2.45, 2.75) is 32.7 Å². The van der Waals surface area contributed by atoms with Crippen LogP contribution in [-0.2, 0) is 4.79 Å². The van der Waals surface area contributed by atoms with Crippen LogP contribution in [0.5, 0.6) is 0 Å². The van der Waals surface area contributed by atoms with Gasteiger partial charge in [-0.25, -0.2) is 0 Å². The van der Waals surface area contributed by atoms with Gasteiger partial charge in [0.25, 0.3) is 0 Å². The molecule has 3 heteroatoms. The van der Waals surface area contributed by atoms with Crippen molar-refractivity contribution in [2.24, 2.45) is 5.41 Å². The van der Waals surface area contributed by atoms with Crippen molar-refractivity contribution in [1.82, 2.24) is 5.32 Å². The lowest BCUT2D eigenvalue weighted by atomic mass is 9.73. The second kappa shape index (κ2) is 3.50. The third-order valence-electron chi connectivity index (χ3n) is 3.12. The molecule has 0 aliphatic heterocycles. The molecular formula is C10H17NO2. The Labute approximate surface area is 78.8 Å². The molecule has 0 heterocycles. The molecular weight excluding hydrogens is 166 g/mol. The Hall–Kier alpha value is -0.830. The van der Waals surface area contributed by atoms with Crippen LogP contribution >= 0.6 is 0 Å². The van der Waals surface area contributed by atoms with Crippen LogP contribution in [0.2, 0.25) is 0 Å². The molecule has 1 aliphatic carbocycles. The van der Waals surface area contributed by atoms with Crippen LogP contribution in [0.25, 0.3) is 0 Å². The molecule has 3 nitrogen and oxygen atoms in total. The van der Waals surface area contributed by atoms with Gasteiger partial charge in [-0.3, -0.25) is 4.79 Å². The molecule has 0 amide bonds. The van der Waals surface area contributed by atoms with Crippen LogP contribution < -0.4 is 5.32 Å². The molecule has 2 unspecified atom stereocenters. The number of rotatable bonds is 2. The zero-order chi connectivity index (χ0) is 10.1. The highest BCUT2D eigenvalue weighted by Crippen LogP contribution is 2.36. The van der Waals surface area contributed by atoms with E-state index in [0.29, 0.717) is 6.04 Å². The molecule has 0 saturated carbocycles. The number of carbonyl (C=O) groups is 1. The van der Waals surface area contributed by atoms with E-state index >= 15 is 0 Å². The fourth-order valence-corrected chi connectivity index (χ4v) is 1.71. The second-order valence-corrected chi connectivity index (χ2v) is 3.92. The number of hydrogen-bond donors (Lipinski definition) is 2. The highest BCUT2D eigenvalue weighted by molar-refractivity contribution is 5.78. The number of carboxylic acid groups (broad SMARTS) is 1. The lowest BCUT2D eigenvalue weighted by molar-refractivity contribution is -0.146. The topological polar surface area (TPSA) is 49.3 Å². The van der Waals surface area contributed by atoms with Crippen molar-refractivity contribution >= 4 is 5.97 Å². The normalized spacial score (nSPS) is 34.1. The molecule has 1 aliphatic rings. The maximum absolute atomic E-state index is 11.0. The first-order chi connectivity index (χ1) is 6.00. The van der Waals surface area contributed by atoms with E-state index in [1.165, 1.54) is 0 Å². The average molecular weight is 183 g/mol. The number of nitrogens with one attached hydrogen (secondary N) is 1. The molecule has 0 fully saturated rings. The first-order valence-corrected chi connectivity index (χ1v) is 4.60. The number of hydrogen-bond acceptors (Lipinski definition) is 2. The first kappa shape index (κ1) is 10.3. The fourth-order valence-electron chi connectivity index (χ4n) is 1.71. The predicted octanol–water partition coefficient (Wildman–Crippen LogP) is 1.41. The van der Waals surface area contributed by atoms with E-state index in [2.05, 4.69) is 5.32 Å². The zero-order valence-corrected chi connectivity index (χ0v) is 8.42. The molecule has 0 aromatic heterocycles. The Morgan fingerprint density at radius 1 is 1.77 bits per heavy atom. The Kier molecular flexibility index (Phi) is 2.76. The second-order valence-electron chi connectivity index (χ2n) is 3.92. The van der Waals surface area contributed by atoms with E-state index in [0.717, 1.165) is 18.4 Å². The van der Waals surface area contributed by atoms with Gasteiger partial charge < -0.3 is 10.4 Å². The first-order valence-electron chi connectivity index (χ1n) is 4.60. The summed E-state index contributed by atoms with van der Waals surface area (Å²) in [5, 5.41) is 12.2. The Morgan fingerprint density at radius 2 is 2.38 bits per heavy atom. The van der Waals surface area contributed by atoms with E-state index in [1.54, 1.807) is 6.92 Å². The maximum Gasteiger partial charge on any atom is 0.313 e. The molecule has 1 rings (SSSR count). The summed E-state index contributed by atoms with van der Waals surface area (Å²) in [7, 11) is 1.90. The smallest absolute Gasteiger partial charge is 0.313 e. The lowest BCUT2D eigenvalue weighted by Gasteiger charge is -2.32. The summed E-state index contributed by atoms with van der Waals surface area (Å²) in [4.78, 5) is 11.0. The van der Waals surface area contributed by atoms with E-state index in [-0.39, 0.29) is 0 Å². The van der Waals surface area contributed by atoms with Gasteiger partial charge in [0.15, 0.2) is 0 Å². The van der Waals surface area contributed by atoms with Crippen LogP contribution in [0.1, 0.15) is 26.7 Å². The summed E-state index contributed by atoms with van der Waals surface area (Å²) in [6.07, 6.45) is 3.64. The van der Waals surface area contributed by atoms with Gasteiger partial charge in [0, 0.05) is 6.04 Å². The largest absolute Gasteiger partial charge is 0.481 e. The van der Waals surface area contributed by atoms with Gasteiger partial charge in [0.1, 0.15) is 0 Å². The minimum absolute atomic E-state index is 0.340. The SMILES string of the molecule is CNC1C=C(C)C(C)(C(=O)O)CC1. The Bertz CT molecular complexity index is 247. The Balaban J connectivity index is 2.89. The Morgan fingerprint density at radius 3 is 2.77 bits per heavy atom. The minimum atomic E-state index is -0.712. The highest BCUT2D eigenvalue weighted by atomic mass is 16.4. The van der Waals surface area contributed by atoms with Crippen LogP contribution in [-0.4, -0.2) is 24.2 Å². The summed E-state index contributed by atoms with van der Waals surface area (Å²) < 4.78 is 0. The monoisotopic (exact) mass is 183 g/mol. The van der Waals surface area contributed by atoms with Crippen molar-refractivity contribution in [1.29, 1.82) is 0 Å². The van der Waals surface area contributed by atoms with E-state index in [4.69, 9.17) is 5.11 Å². The summed E-state index contributed by atoms with van der Waals surface area (Å²) in [5.41, 5.74) is 0.318. The van der Waals surface area contributed by atoms with Crippen molar-refractivity contribution in [3.63, 3.8) is 0 Å². The van der Waals surface area contributed by atoms with Gasteiger partial charge in [0.05, 0.1) is 5.41 Å². The van der Waals surface area contributed by atoms with E-state index in [1.807, 2.05) is 20.0 Å². The van der Waals surface area contributed by atoms with Crippen molar-refractivity contribution < 1.29 is 9.90 Å². The summed E-state index contributed by atoms with van der Waals surface area (Å²) in [5.74, 6) is -0.712. The summed E-state index contributed by atoms with van der Waals surface area (Å²) >= 11 is 0. The number of likely N-dealkylation sites (N-methyl/N-ethyl adjacent to an activating group) is 1. The third-order valence-corrected chi connectivity index (χ3v) is 3.12. The van der Waals surface area contributed by atoms with Gasteiger partial charge in [-0.05, 0) is 33.7 Å². The summed E-state index contributed by atoms with van der Waals surface area (Å²) in [6.45, 7) is 3.70. The predicted molar refractivity (Wildman–Crippen MR) is 51.6 cm³/mol. The molecule has 2 N–H and O–H groups in total. The molecule has 0 spiro atoms. The van der Waals surface area contributed by atoms with Crippen molar-refractivity contribution in [3.05, 3.63) is 11.6 Å². The quantitative estimate of drug-likeness (QED) is 0.636. The van der Waals surface area contributed by atoms with E-state index < -0.39 is 11.4 Å². The summed E-state index contributed by atoms with van der Waals surface area (Å²) in [6, 6.07) is 0.340. The standard InChI is InChI=1S/C10H17NO2/c1-7-6-8(11-3)4-5-10(7,2)9(12)13/h6,8,11H,4-5H2,1-3H3,(H,12,13). The molecule has 2 atom stereocenters. The highest BCUT2D eigenvalue weighted by Gasteiger charge is 2.37. The number of carboxylic acids is 1.